The molecular formula is C36H32BrN5O3S3. The second-order valence-electron chi connectivity index (χ2n) is 11.9. The summed E-state index contributed by atoms with van der Waals surface area (Å²) in [7, 11) is 0. The van der Waals surface area contributed by atoms with Gasteiger partial charge in [-0.25, -0.2) is 4.98 Å². The zero-order chi connectivity index (χ0) is 33.7. The smallest absolute Gasteiger partial charge is 0.234 e. The lowest BCUT2D eigenvalue weighted by molar-refractivity contribution is -0.113. The van der Waals surface area contributed by atoms with Crippen LogP contribution in [0.5, 0.6) is 5.75 Å². The third-order valence-corrected chi connectivity index (χ3v) is 10.9. The number of hydrogen-bond donors (Lipinski definition) is 1. The van der Waals surface area contributed by atoms with Crippen LogP contribution in [-0.4, -0.2) is 42.9 Å². The summed E-state index contributed by atoms with van der Waals surface area (Å²) in [6, 6.07) is 30.9. The summed E-state index contributed by atoms with van der Waals surface area (Å²) in [6.45, 7) is 6.76. The third kappa shape index (κ3) is 8.54. The molecule has 8 nitrogen and oxygen atoms in total. The predicted molar refractivity (Wildman–Crippen MR) is 199 cm³/mol. The van der Waals surface area contributed by atoms with E-state index in [1.165, 1.54) is 40.4 Å². The lowest BCUT2D eigenvalue weighted by atomic mass is 9.87. The Morgan fingerprint density at radius 3 is 2.38 bits per heavy atom. The second kappa shape index (κ2) is 15.1. The molecule has 0 atom stereocenters. The minimum absolute atomic E-state index is 0.0471. The number of fused-ring (bicyclic) bond motifs is 1. The average molecular weight is 759 g/mol. The van der Waals surface area contributed by atoms with E-state index in [-0.39, 0.29) is 29.5 Å². The van der Waals surface area contributed by atoms with Gasteiger partial charge in [0.05, 0.1) is 21.7 Å². The van der Waals surface area contributed by atoms with Crippen molar-refractivity contribution in [2.75, 3.05) is 16.8 Å². The fourth-order valence-electron chi connectivity index (χ4n) is 4.74. The molecule has 0 unspecified atom stereocenters. The number of Topliss-reactive ketones (excluding diaryl/α,β-unsaturated/α-hetero) is 1. The molecule has 1 N–H and O–H groups in total. The Bertz CT molecular complexity index is 2040. The standard InChI is InChI=1S/C36H32BrN5O3S3/c1-36(2,3)24-11-16-28(17-12-24)45-20-32-40-41-34(42(32)27-7-5-4-6-8-27)46-22-33(44)38-26-15-18-29-31(19-26)48-35(39-29)47-21-30(43)23-9-13-25(37)14-10-23/h4-19H,20-22H2,1-3H3,(H,38,44). The molecule has 0 saturated heterocycles. The second-order valence-corrected chi connectivity index (χ2v) is 16.0. The molecular weight excluding hydrogens is 727 g/mol. The van der Waals surface area contributed by atoms with Crippen molar-refractivity contribution >= 4 is 78.4 Å². The van der Waals surface area contributed by atoms with Crippen LogP contribution in [0.2, 0.25) is 0 Å². The van der Waals surface area contributed by atoms with Gasteiger partial charge in [0, 0.05) is 21.4 Å². The van der Waals surface area contributed by atoms with Gasteiger partial charge in [0.15, 0.2) is 21.1 Å². The predicted octanol–water partition coefficient (Wildman–Crippen LogP) is 9.22. The third-order valence-electron chi connectivity index (χ3n) is 7.28. The minimum Gasteiger partial charge on any atom is -0.486 e. The molecule has 6 aromatic rings. The Kier molecular flexibility index (Phi) is 10.6. The number of thiazole rings is 1. The molecule has 0 aliphatic carbocycles. The van der Waals surface area contributed by atoms with Gasteiger partial charge in [-0.3, -0.25) is 14.2 Å². The quantitative estimate of drug-likeness (QED) is 0.0975. The number of carbonyl (C=O) groups is 2. The van der Waals surface area contributed by atoms with Gasteiger partial charge in [-0.15, -0.1) is 21.5 Å². The van der Waals surface area contributed by atoms with Gasteiger partial charge < -0.3 is 10.1 Å². The van der Waals surface area contributed by atoms with Crippen LogP contribution in [0.4, 0.5) is 5.69 Å². The first-order valence-electron chi connectivity index (χ1n) is 15.1. The number of para-hydroxylation sites is 1. The molecule has 12 heteroatoms. The van der Waals surface area contributed by atoms with Crippen molar-refractivity contribution in [2.24, 2.45) is 0 Å². The van der Waals surface area contributed by atoms with Crippen molar-refractivity contribution in [3.63, 3.8) is 0 Å². The van der Waals surface area contributed by atoms with Gasteiger partial charge in [0.2, 0.25) is 5.91 Å². The summed E-state index contributed by atoms with van der Waals surface area (Å²) in [5, 5.41) is 12.4. The van der Waals surface area contributed by atoms with E-state index in [1.54, 1.807) is 0 Å². The van der Waals surface area contributed by atoms with E-state index in [9.17, 15) is 9.59 Å². The maximum Gasteiger partial charge on any atom is 0.234 e. The number of ketones is 1. The molecule has 6 rings (SSSR count). The fraction of sp³-hybridized carbons (Fsp3) is 0.194. The first-order chi connectivity index (χ1) is 23.1. The van der Waals surface area contributed by atoms with Crippen molar-refractivity contribution in [3.05, 3.63) is 118 Å². The van der Waals surface area contributed by atoms with Crippen LogP contribution in [0, 0.1) is 0 Å². The van der Waals surface area contributed by atoms with Crippen LogP contribution in [-0.2, 0) is 16.8 Å². The van der Waals surface area contributed by atoms with Crippen LogP contribution in [0.1, 0.15) is 42.5 Å². The molecule has 0 bridgehead atoms. The van der Waals surface area contributed by atoms with Gasteiger partial charge in [-0.1, -0.05) is 103 Å². The number of ether oxygens (including phenoxy) is 1. The molecule has 0 spiro atoms. The lowest BCUT2D eigenvalue weighted by Crippen LogP contribution is -2.14. The van der Waals surface area contributed by atoms with E-state index in [1.807, 2.05) is 89.5 Å². The van der Waals surface area contributed by atoms with Crippen molar-refractivity contribution in [1.29, 1.82) is 0 Å². The number of thioether (sulfide) groups is 2. The highest BCUT2D eigenvalue weighted by Crippen LogP contribution is 2.32. The maximum absolute atomic E-state index is 13.1. The summed E-state index contributed by atoms with van der Waals surface area (Å²) >= 11 is 7.62. The van der Waals surface area contributed by atoms with Crippen LogP contribution < -0.4 is 10.1 Å². The summed E-state index contributed by atoms with van der Waals surface area (Å²) in [5.74, 6) is 1.70. The SMILES string of the molecule is CC(C)(C)c1ccc(OCc2nnc(SCC(=O)Nc3ccc4nc(SCC(=O)c5ccc(Br)cc5)sc4c3)n2-c2ccccc2)cc1. The van der Waals surface area contributed by atoms with Crippen molar-refractivity contribution < 1.29 is 14.3 Å². The van der Waals surface area contributed by atoms with Crippen LogP contribution in [0.15, 0.2) is 111 Å². The highest BCUT2D eigenvalue weighted by Gasteiger charge is 2.18. The zero-order valence-corrected chi connectivity index (χ0v) is 30.5. The van der Waals surface area contributed by atoms with Gasteiger partial charge >= 0.3 is 0 Å². The number of anilines is 1. The summed E-state index contributed by atoms with van der Waals surface area (Å²) in [6.07, 6.45) is 0. The van der Waals surface area contributed by atoms with E-state index in [2.05, 4.69) is 69.3 Å². The van der Waals surface area contributed by atoms with E-state index in [4.69, 9.17) is 4.74 Å². The topological polar surface area (TPSA) is 99.0 Å². The van der Waals surface area contributed by atoms with E-state index in [0.717, 1.165) is 30.5 Å². The number of nitrogens with one attached hydrogen (secondary N) is 1. The number of nitrogens with zero attached hydrogens (tertiary/aromatic N) is 4. The van der Waals surface area contributed by atoms with Crippen LogP contribution in [0.3, 0.4) is 0 Å². The normalized spacial score (nSPS) is 11.5. The van der Waals surface area contributed by atoms with Gasteiger partial charge in [-0.05, 0) is 65.6 Å². The molecule has 2 aromatic heterocycles. The molecule has 2 heterocycles. The monoisotopic (exact) mass is 757 g/mol. The zero-order valence-electron chi connectivity index (χ0n) is 26.5. The molecule has 1 amide bonds. The molecule has 0 fully saturated rings. The van der Waals surface area contributed by atoms with Crippen LogP contribution in [0.25, 0.3) is 15.9 Å². The lowest BCUT2D eigenvalue weighted by Gasteiger charge is -2.19. The van der Waals surface area contributed by atoms with E-state index < -0.39 is 0 Å². The van der Waals surface area contributed by atoms with E-state index in [0.29, 0.717) is 28.0 Å². The number of halogens is 1. The number of aromatic nitrogens is 4. The highest BCUT2D eigenvalue weighted by atomic mass is 79.9. The molecule has 4 aromatic carbocycles. The number of benzene rings is 4. The Hall–Kier alpha value is -3.97. The molecule has 0 aliphatic rings. The molecule has 0 aliphatic heterocycles. The Morgan fingerprint density at radius 2 is 1.65 bits per heavy atom. The number of hydrogen-bond acceptors (Lipinski definition) is 9. The number of carbonyl (C=O) groups excluding carboxylic acids is 2. The largest absolute Gasteiger partial charge is 0.486 e. The number of rotatable bonds is 12. The average Bonchev–Trinajstić information content (AvgIpc) is 3.69. The summed E-state index contributed by atoms with van der Waals surface area (Å²) in [4.78, 5) is 30.3. The van der Waals surface area contributed by atoms with Gasteiger partial charge in [0.1, 0.15) is 12.4 Å². The van der Waals surface area contributed by atoms with Gasteiger partial charge in [-0.2, -0.15) is 0 Å². The summed E-state index contributed by atoms with van der Waals surface area (Å²) < 4.78 is 10.7. The van der Waals surface area contributed by atoms with Gasteiger partial charge in [0.25, 0.3) is 0 Å². The Morgan fingerprint density at radius 1 is 0.896 bits per heavy atom. The van der Waals surface area contributed by atoms with Crippen molar-refractivity contribution in [2.45, 2.75) is 42.3 Å². The molecule has 0 radical (unpaired) electrons. The Labute approximate surface area is 299 Å². The Balaban J connectivity index is 1.08. The first-order valence-corrected chi connectivity index (χ1v) is 18.7. The first kappa shape index (κ1) is 33.9. The van der Waals surface area contributed by atoms with E-state index >= 15 is 0 Å². The van der Waals surface area contributed by atoms with Crippen LogP contribution >= 0.6 is 50.8 Å². The summed E-state index contributed by atoms with van der Waals surface area (Å²) in [5.41, 5.74) is 4.34. The molecule has 48 heavy (non-hydrogen) atoms. The molecule has 0 saturated carbocycles. The molecule has 244 valence electrons. The maximum atomic E-state index is 13.1. The minimum atomic E-state index is -0.169. The van der Waals surface area contributed by atoms with Crippen molar-refractivity contribution in [1.82, 2.24) is 19.7 Å². The highest BCUT2D eigenvalue weighted by molar-refractivity contribution is 9.10. The fourth-order valence-corrected chi connectivity index (χ4v) is 7.78. The number of amides is 1. The van der Waals surface area contributed by atoms with Crippen molar-refractivity contribution in [3.8, 4) is 11.4 Å².